The fourth-order valence-corrected chi connectivity index (χ4v) is 5.92. The number of benzene rings is 3. The molecule has 0 saturated heterocycles. The van der Waals surface area contributed by atoms with Gasteiger partial charge in [0.1, 0.15) is 5.75 Å². The van der Waals surface area contributed by atoms with Crippen molar-refractivity contribution in [3.8, 4) is 5.75 Å². The molecule has 178 valence electrons. The Morgan fingerprint density at radius 2 is 1.74 bits per heavy atom. The van der Waals surface area contributed by atoms with E-state index in [9.17, 15) is 13.2 Å². The van der Waals surface area contributed by atoms with Crippen LogP contribution in [0.1, 0.15) is 42.5 Å². The molecule has 1 amide bonds. The van der Waals surface area contributed by atoms with Crippen LogP contribution in [0.15, 0.2) is 77.7 Å². The third-order valence-electron chi connectivity index (χ3n) is 6.20. The van der Waals surface area contributed by atoms with E-state index in [4.69, 9.17) is 4.74 Å². The number of sulfonamides is 1. The highest BCUT2D eigenvalue weighted by atomic mass is 32.2. The summed E-state index contributed by atoms with van der Waals surface area (Å²) in [6.07, 6.45) is 2.53. The zero-order valence-electron chi connectivity index (χ0n) is 19.5. The Hall–Kier alpha value is -3.32. The van der Waals surface area contributed by atoms with Gasteiger partial charge in [0.05, 0.1) is 23.7 Å². The first kappa shape index (κ1) is 23.8. The average Bonchev–Trinajstić information content (AvgIpc) is 2.87. The molecule has 1 unspecified atom stereocenters. The van der Waals surface area contributed by atoms with Crippen molar-refractivity contribution < 1.29 is 17.9 Å². The van der Waals surface area contributed by atoms with E-state index < -0.39 is 10.0 Å². The number of carbonyl (C=O) groups excluding carboxylic acids is 1. The van der Waals surface area contributed by atoms with Gasteiger partial charge in [-0.1, -0.05) is 48.5 Å². The molecule has 34 heavy (non-hydrogen) atoms. The molecule has 1 atom stereocenters. The summed E-state index contributed by atoms with van der Waals surface area (Å²) in [6, 6.07) is 22.0. The van der Waals surface area contributed by atoms with Crippen molar-refractivity contribution in [1.82, 2.24) is 5.32 Å². The van der Waals surface area contributed by atoms with Crippen LogP contribution in [0.25, 0.3) is 0 Å². The van der Waals surface area contributed by atoms with E-state index in [1.807, 2.05) is 55.5 Å². The second-order valence-corrected chi connectivity index (χ2v) is 10.3. The van der Waals surface area contributed by atoms with Gasteiger partial charge < -0.3 is 10.1 Å². The van der Waals surface area contributed by atoms with Gasteiger partial charge in [0.25, 0.3) is 10.0 Å². The van der Waals surface area contributed by atoms with Gasteiger partial charge in [-0.15, -0.1) is 0 Å². The molecule has 1 heterocycles. The second kappa shape index (κ2) is 10.3. The highest BCUT2D eigenvalue weighted by molar-refractivity contribution is 7.92. The van der Waals surface area contributed by atoms with Crippen LogP contribution in [0.2, 0.25) is 0 Å². The van der Waals surface area contributed by atoms with Crippen molar-refractivity contribution in [1.29, 1.82) is 0 Å². The molecule has 1 aliphatic rings. The summed E-state index contributed by atoms with van der Waals surface area (Å²) in [7, 11) is -2.02. The number of aryl methyl sites for hydroxylation is 2. The number of hydrogen-bond acceptors (Lipinski definition) is 4. The molecule has 0 aliphatic carbocycles. The number of rotatable bonds is 8. The van der Waals surface area contributed by atoms with Crippen molar-refractivity contribution in [3.63, 3.8) is 0 Å². The first-order valence-electron chi connectivity index (χ1n) is 11.5. The predicted molar refractivity (Wildman–Crippen MR) is 134 cm³/mol. The smallest absolute Gasteiger partial charge is 0.264 e. The number of hydrogen-bond donors (Lipinski definition) is 1. The summed E-state index contributed by atoms with van der Waals surface area (Å²) >= 11 is 0. The Balaban J connectivity index is 1.38. The number of ether oxygens (including phenoxy) is 1. The van der Waals surface area contributed by atoms with E-state index in [0.717, 1.165) is 41.0 Å². The fourth-order valence-electron chi connectivity index (χ4n) is 4.38. The third kappa shape index (κ3) is 5.09. The lowest BCUT2D eigenvalue weighted by atomic mass is 10.0. The minimum Gasteiger partial charge on any atom is -0.496 e. The van der Waals surface area contributed by atoms with Gasteiger partial charge in [0, 0.05) is 18.5 Å². The maximum absolute atomic E-state index is 13.3. The van der Waals surface area contributed by atoms with Crippen LogP contribution in [0, 0.1) is 0 Å². The number of carbonyl (C=O) groups is 1. The van der Waals surface area contributed by atoms with Crippen molar-refractivity contribution in [2.45, 2.75) is 43.5 Å². The molecule has 0 saturated carbocycles. The first-order chi connectivity index (χ1) is 16.4. The summed E-state index contributed by atoms with van der Waals surface area (Å²) in [5.74, 6) is 0.670. The summed E-state index contributed by atoms with van der Waals surface area (Å²) < 4.78 is 33.5. The molecule has 1 aliphatic heterocycles. The van der Waals surface area contributed by atoms with Gasteiger partial charge in [0.2, 0.25) is 5.91 Å². The Kier molecular flexibility index (Phi) is 7.22. The van der Waals surface area contributed by atoms with Crippen molar-refractivity contribution in [2.75, 3.05) is 18.0 Å². The van der Waals surface area contributed by atoms with Gasteiger partial charge in [-0.05, 0) is 61.6 Å². The van der Waals surface area contributed by atoms with E-state index in [1.54, 1.807) is 31.4 Å². The molecule has 3 aromatic rings. The normalized spacial score (nSPS) is 14.2. The number of anilines is 1. The van der Waals surface area contributed by atoms with E-state index in [1.165, 1.54) is 4.31 Å². The van der Waals surface area contributed by atoms with Gasteiger partial charge in [0.15, 0.2) is 0 Å². The number of fused-ring (bicyclic) bond motifs is 1. The maximum Gasteiger partial charge on any atom is 0.264 e. The molecular weight excluding hydrogens is 448 g/mol. The molecule has 1 N–H and O–H groups in total. The Bertz CT molecular complexity index is 1260. The summed E-state index contributed by atoms with van der Waals surface area (Å²) in [6.45, 7) is 2.40. The minimum atomic E-state index is -3.63. The number of para-hydroxylation sites is 2. The number of methoxy groups -OCH3 is 1. The summed E-state index contributed by atoms with van der Waals surface area (Å²) in [5, 5.41) is 3.01. The van der Waals surface area contributed by atoms with Crippen molar-refractivity contribution in [2.24, 2.45) is 0 Å². The lowest BCUT2D eigenvalue weighted by molar-refractivity contribution is -0.121. The first-order valence-corrected chi connectivity index (χ1v) is 13.0. The third-order valence-corrected chi connectivity index (χ3v) is 8.03. The fraction of sp³-hybridized carbons (Fsp3) is 0.296. The second-order valence-electron chi connectivity index (χ2n) is 8.48. The van der Waals surface area contributed by atoms with Gasteiger partial charge in [-0.2, -0.15) is 0 Å². The lowest BCUT2D eigenvalue weighted by Gasteiger charge is -2.30. The van der Waals surface area contributed by atoms with Gasteiger partial charge in [-0.25, -0.2) is 8.42 Å². The molecule has 7 heteroatoms. The lowest BCUT2D eigenvalue weighted by Crippen LogP contribution is -2.35. The van der Waals surface area contributed by atoms with Crippen LogP contribution in [0.3, 0.4) is 0 Å². The van der Waals surface area contributed by atoms with Crippen molar-refractivity contribution in [3.05, 3.63) is 89.5 Å². The maximum atomic E-state index is 13.3. The quantitative estimate of drug-likeness (QED) is 0.512. The molecular formula is C27H30N2O4S. The molecule has 0 aromatic heterocycles. The minimum absolute atomic E-state index is 0.0694. The standard InChI is InChI=1S/C27H30N2O4S/c1-20(24-10-4-6-12-26(24)33-2)28-27(30)18-15-21-13-16-23(17-14-21)34(31,32)29-19-7-9-22-8-3-5-11-25(22)29/h3-6,8,10-14,16-17,20H,7,9,15,18-19H2,1-2H3,(H,28,30). The van der Waals surface area contributed by atoms with E-state index in [-0.39, 0.29) is 16.8 Å². The van der Waals surface area contributed by atoms with E-state index in [0.29, 0.717) is 19.4 Å². The van der Waals surface area contributed by atoms with Crippen LogP contribution >= 0.6 is 0 Å². The number of amides is 1. The highest BCUT2D eigenvalue weighted by Crippen LogP contribution is 2.32. The van der Waals surface area contributed by atoms with Gasteiger partial charge >= 0.3 is 0 Å². The Morgan fingerprint density at radius 1 is 1.03 bits per heavy atom. The zero-order valence-corrected chi connectivity index (χ0v) is 20.3. The SMILES string of the molecule is COc1ccccc1C(C)NC(=O)CCc1ccc(S(=O)(=O)N2CCCc3ccccc32)cc1. The summed E-state index contributed by atoms with van der Waals surface area (Å²) in [5.41, 5.74) is 3.66. The molecule has 3 aromatic carbocycles. The van der Waals surface area contributed by atoms with Crippen LogP contribution in [-0.4, -0.2) is 28.0 Å². The number of nitrogens with zero attached hydrogens (tertiary/aromatic N) is 1. The van der Waals surface area contributed by atoms with Crippen LogP contribution in [-0.2, 0) is 27.7 Å². The van der Waals surface area contributed by atoms with Crippen LogP contribution in [0.5, 0.6) is 5.75 Å². The largest absolute Gasteiger partial charge is 0.496 e. The molecule has 0 radical (unpaired) electrons. The highest BCUT2D eigenvalue weighted by Gasteiger charge is 2.28. The van der Waals surface area contributed by atoms with Gasteiger partial charge in [-0.3, -0.25) is 9.10 Å². The molecule has 0 fully saturated rings. The predicted octanol–water partition coefficient (Wildman–Crippen LogP) is 4.65. The molecule has 0 spiro atoms. The Morgan fingerprint density at radius 3 is 2.50 bits per heavy atom. The van der Waals surface area contributed by atoms with Crippen LogP contribution < -0.4 is 14.4 Å². The Labute approximate surface area is 201 Å². The van der Waals surface area contributed by atoms with Crippen LogP contribution in [0.4, 0.5) is 5.69 Å². The topological polar surface area (TPSA) is 75.7 Å². The van der Waals surface area contributed by atoms with E-state index in [2.05, 4.69) is 5.32 Å². The monoisotopic (exact) mass is 478 g/mol. The molecule has 4 rings (SSSR count). The molecule has 6 nitrogen and oxygen atoms in total. The number of nitrogens with one attached hydrogen (secondary N) is 1. The van der Waals surface area contributed by atoms with E-state index >= 15 is 0 Å². The van der Waals surface area contributed by atoms with Crippen molar-refractivity contribution >= 4 is 21.6 Å². The molecule has 0 bridgehead atoms. The average molecular weight is 479 g/mol. The zero-order chi connectivity index (χ0) is 24.1. The summed E-state index contributed by atoms with van der Waals surface area (Å²) in [4.78, 5) is 12.8.